The van der Waals surface area contributed by atoms with E-state index in [-0.39, 0.29) is 11.5 Å². The van der Waals surface area contributed by atoms with E-state index in [1.165, 1.54) is 12.1 Å². The number of aryl methyl sites for hydroxylation is 1. The van der Waals surface area contributed by atoms with Crippen LogP contribution in [0.4, 0.5) is 5.69 Å². The molecule has 0 saturated carbocycles. The van der Waals surface area contributed by atoms with Crippen molar-refractivity contribution >= 4 is 27.5 Å². The van der Waals surface area contributed by atoms with Gasteiger partial charge in [0.05, 0.1) is 6.26 Å². The molecule has 23 heavy (non-hydrogen) atoms. The zero-order valence-electron chi connectivity index (χ0n) is 12.7. The molecule has 2 amide bonds. The highest BCUT2D eigenvalue weighted by Gasteiger charge is 2.14. The second kappa shape index (κ2) is 6.62. The van der Waals surface area contributed by atoms with Gasteiger partial charge >= 0.3 is 0 Å². The third kappa shape index (κ3) is 4.65. The number of hydrogen-bond donors (Lipinski definition) is 2. The molecular weight excluding hydrogens is 316 g/mol. The fraction of sp³-hybridized carbons (Fsp3) is 0.125. The van der Waals surface area contributed by atoms with Gasteiger partial charge in [0.2, 0.25) is 10.0 Å². The number of nitrogens with one attached hydrogen (secondary N) is 2. The lowest BCUT2D eigenvalue weighted by molar-refractivity contribution is 0.0979. The van der Waals surface area contributed by atoms with Crippen LogP contribution in [0.3, 0.4) is 0 Å². The average Bonchev–Trinajstić information content (AvgIpc) is 2.48. The van der Waals surface area contributed by atoms with E-state index in [9.17, 15) is 18.0 Å². The molecule has 0 radical (unpaired) electrons. The Balaban J connectivity index is 2.24. The topological polar surface area (TPSA) is 92.3 Å². The first-order valence-corrected chi connectivity index (χ1v) is 8.64. The summed E-state index contributed by atoms with van der Waals surface area (Å²) in [6, 6.07) is 13.2. The fourth-order valence-electron chi connectivity index (χ4n) is 1.91. The van der Waals surface area contributed by atoms with Gasteiger partial charge < -0.3 is 5.32 Å². The SMILES string of the molecule is Cc1ccc(C(=O)NS(C)(=O)=O)cc1NC(=O)c1ccccc1. The quantitative estimate of drug-likeness (QED) is 0.895. The van der Waals surface area contributed by atoms with Gasteiger partial charge in [0, 0.05) is 16.8 Å². The van der Waals surface area contributed by atoms with Crippen molar-refractivity contribution < 1.29 is 18.0 Å². The van der Waals surface area contributed by atoms with Gasteiger partial charge in [-0.3, -0.25) is 9.59 Å². The second-order valence-electron chi connectivity index (χ2n) is 5.05. The van der Waals surface area contributed by atoms with E-state index in [0.717, 1.165) is 11.8 Å². The third-order valence-corrected chi connectivity index (χ3v) is 3.62. The van der Waals surface area contributed by atoms with Crippen LogP contribution in [0.5, 0.6) is 0 Å². The first-order chi connectivity index (χ1) is 10.8. The summed E-state index contributed by atoms with van der Waals surface area (Å²) in [6.07, 6.45) is 0.900. The van der Waals surface area contributed by atoms with Crippen molar-refractivity contribution in [3.05, 3.63) is 65.2 Å². The number of benzene rings is 2. The highest BCUT2D eigenvalue weighted by molar-refractivity contribution is 7.89. The maximum Gasteiger partial charge on any atom is 0.264 e. The second-order valence-corrected chi connectivity index (χ2v) is 6.80. The summed E-state index contributed by atoms with van der Waals surface area (Å²) in [6.45, 7) is 1.78. The van der Waals surface area contributed by atoms with E-state index >= 15 is 0 Å². The number of carbonyl (C=O) groups excluding carboxylic acids is 2. The van der Waals surface area contributed by atoms with Crippen molar-refractivity contribution in [1.29, 1.82) is 0 Å². The lowest BCUT2D eigenvalue weighted by Crippen LogP contribution is -2.29. The maximum absolute atomic E-state index is 12.2. The van der Waals surface area contributed by atoms with Crippen LogP contribution in [0.25, 0.3) is 0 Å². The smallest absolute Gasteiger partial charge is 0.264 e. The molecule has 6 nitrogen and oxygen atoms in total. The van der Waals surface area contributed by atoms with Crippen molar-refractivity contribution in [2.45, 2.75) is 6.92 Å². The molecule has 0 unspecified atom stereocenters. The molecule has 2 aromatic rings. The van der Waals surface area contributed by atoms with Gasteiger partial charge in [-0.1, -0.05) is 24.3 Å². The summed E-state index contributed by atoms with van der Waals surface area (Å²) < 4.78 is 24.1. The molecule has 0 bridgehead atoms. The lowest BCUT2D eigenvalue weighted by Gasteiger charge is -2.10. The summed E-state index contributed by atoms with van der Waals surface area (Å²) in [5, 5.41) is 2.72. The molecule has 2 N–H and O–H groups in total. The van der Waals surface area contributed by atoms with Crippen LogP contribution in [0.1, 0.15) is 26.3 Å². The predicted octanol–water partition coefficient (Wildman–Crippen LogP) is 1.94. The Bertz CT molecular complexity index is 846. The van der Waals surface area contributed by atoms with Crippen LogP contribution >= 0.6 is 0 Å². The molecule has 0 fully saturated rings. The largest absolute Gasteiger partial charge is 0.322 e. The summed E-state index contributed by atoms with van der Waals surface area (Å²) >= 11 is 0. The number of rotatable bonds is 4. The van der Waals surface area contributed by atoms with Gasteiger partial charge in [-0.2, -0.15) is 0 Å². The van der Waals surface area contributed by atoms with Crippen LogP contribution in [-0.2, 0) is 10.0 Å². The van der Waals surface area contributed by atoms with E-state index in [0.29, 0.717) is 11.3 Å². The molecule has 7 heteroatoms. The number of carbonyl (C=O) groups is 2. The minimum absolute atomic E-state index is 0.143. The zero-order valence-corrected chi connectivity index (χ0v) is 13.5. The molecule has 0 atom stereocenters. The highest BCUT2D eigenvalue weighted by atomic mass is 32.2. The van der Waals surface area contributed by atoms with E-state index in [2.05, 4.69) is 5.32 Å². The highest BCUT2D eigenvalue weighted by Crippen LogP contribution is 2.18. The standard InChI is InChI=1S/C16H16N2O4S/c1-11-8-9-13(16(20)18-23(2,21)22)10-14(11)17-15(19)12-6-4-3-5-7-12/h3-10H,1-2H3,(H,17,19)(H,18,20). The molecule has 0 aliphatic heterocycles. The minimum atomic E-state index is -3.65. The molecule has 2 aromatic carbocycles. The van der Waals surface area contributed by atoms with Gasteiger partial charge in [0.15, 0.2) is 0 Å². The summed E-state index contributed by atoms with van der Waals surface area (Å²) in [5.41, 5.74) is 1.83. The monoisotopic (exact) mass is 332 g/mol. The van der Waals surface area contributed by atoms with E-state index in [1.807, 2.05) is 4.72 Å². The summed E-state index contributed by atoms with van der Waals surface area (Å²) in [5.74, 6) is -1.06. The first kappa shape index (κ1) is 16.7. The van der Waals surface area contributed by atoms with Crippen LogP contribution in [-0.4, -0.2) is 26.5 Å². The number of amides is 2. The van der Waals surface area contributed by atoms with E-state index in [1.54, 1.807) is 43.3 Å². The van der Waals surface area contributed by atoms with Gasteiger partial charge in [0.25, 0.3) is 11.8 Å². The zero-order chi connectivity index (χ0) is 17.0. The average molecular weight is 332 g/mol. The van der Waals surface area contributed by atoms with Crippen LogP contribution in [0.2, 0.25) is 0 Å². The molecule has 0 aromatic heterocycles. The van der Waals surface area contributed by atoms with Crippen LogP contribution in [0.15, 0.2) is 48.5 Å². The normalized spacial score (nSPS) is 10.9. The van der Waals surface area contributed by atoms with Gasteiger partial charge in [-0.05, 0) is 36.8 Å². The predicted molar refractivity (Wildman–Crippen MR) is 87.9 cm³/mol. The number of sulfonamides is 1. The van der Waals surface area contributed by atoms with Crippen molar-refractivity contribution in [2.24, 2.45) is 0 Å². The van der Waals surface area contributed by atoms with Crippen LogP contribution < -0.4 is 10.0 Å². The Morgan fingerprint density at radius 2 is 1.57 bits per heavy atom. The number of hydrogen-bond acceptors (Lipinski definition) is 4. The number of anilines is 1. The Kier molecular flexibility index (Phi) is 4.80. The third-order valence-electron chi connectivity index (χ3n) is 3.06. The van der Waals surface area contributed by atoms with Crippen molar-refractivity contribution in [1.82, 2.24) is 4.72 Å². The Morgan fingerprint density at radius 3 is 2.17 bits per heavy atom. The van der Waals surface area contributed by atoms with Crippen LogP contribution in [0, 0.1) is 6.92 Å². The molecule has 0 aliphatic carbocycles. The van der Waals surface area contributed by atoms with E-state index in [4.69, 9.17) is 0 Å². The molecule has 0 aliphatic rings. The molecule has 120 valence electrons. The minimum Gasteiger partial charge on any atom is -0.322 e. The van der Waals surface area contributed by atoms with Crippen molar-refractivity contribution in [2.75, 3.05) is 11.6 Å². The molecule has 0 spiro atoms. The summed E-state index contributed by atoms with van der Waals surface area (Å²) in [7, 11) is -3.65. The lowest BCUT2D eigenvalue weighted by atomic mass is 10.1. The molecule has 0 heterocycles. The van der Waals surface area contributed by atoms with Crippen molar-refractivity contribution in [3.8, 4) is 0 Å². The molecular formula is C16H16N2O4S. The first-order valence-electron chi connectivity index (χ1n) is 6.75. The Labute approximate surface area is 134 Å². The molecule has 0 saturated heterocycles. The molecule has 2 rings (SSSR count). The summed E-state index contributed by atoms with van der Waals surface area (Å²) in [4.78, 5) is 24.0. The fourth-order valence-corrected chi connectivity index (χ4v) is 2.36. The Morgan fingerprint density at radius 1 is 0.913 bits per heavy atom. The van der Waals surface area contributed by atoms with Gasteiger partial charge in [-0.25, -0.2) is 13.1 Å². The maximum atomic E-state index is 12.2. The van der Waals surface area contributed by atoms with Gasteiger partial charge in [0.1, 0.15) is 0 Å². The Hall–Kier alpha value is -2.67. The van der Waals surface area contributed by atoms with E-state index < -0.39 is 15.9 Å². The van der Waals surface area contributed by atoms with Crippen molar-refractivity contribution in [3.63, 3.8) is 0 Å². The van der Waals surface area contributed by atoms with Gasteiger partial charge in [-0.15, -0.1) is 0 Å².